The van der Waals surface area contributed by atoms with Crippen LogP contribution in [0.2, 0.25) is 0 Å². The van der Waals surface area contributed by atoms with Gasteiger partial charge in [0.15, 0.2) is 0 Å². The molecule has 1 amide bonds. The van der Waals surface area contributed by atoms with E-state index in [1.54, 1.807) is 6.20 Å². The maximum absolute atomic E-state index is 13.6. The fourth-order valence-corrected chi connectivity index (χ4v) is 5.65. The molecule has 0 bridgehead atoms. The molecule has 1 saturated carbocycles. The molecule has 8 nitrogen and oxygen atoms in total. The number of carbonyl (C=O) groups is 1. The van der Waals surface area contributed by atoms with Gasteiger partial charge in [-0.1, -0.05) is 18.9 Å². The van der Waals surface area contributed by atoms with Crippen LogP contribution in [-0.2, 0) is 6.54 Å². The molecule has 35 heavy (non-hydrogen) atoms. The van der Waals surface area contributed by atoms with E-state index in [2.05, 4.69) is 20.0 Å². The molecule has 1 aliphatic carbocycles. The van der Waals surface area contributed by atoms with E-state index in [0.29, 0.717) is 30.1 Å². The van der Waals surface area contributed by atoms with Gasteiger partial charge in [0, 0.05) is 49.9 Å². The van der Waals surface area contributed by atoms with Gasteiger partial charge in [-0.3, -0.25) is 24.2 Å². The van der Waals surface area contributed by atoms with Gasteiger partial charge in [-0.2, -0.15) is 5.10 Å². The fraction of sp³-hybridized carbons (Fsp3) is 0.407. The second-order valence-corrected chi connectivity index (χ2v) is 9.85. The molecule has 0 spiro atoms. The molecule has 0 radical (unpaired) electrons. The minimum absolute atomic E-state index is 0.0492. The number of hydrogen-bond donors (Lipinski definition) is 1. The van der Waals surface area contributed by atoms with Crippen LogP contribution in [0.25, 0.3) is 21.8 Å². The first-order valence-corrected chi connectivity index (χ1v) is 12.5. The molecule has 1 aliphatic heterocycles. The van der Waals surface area contributed by atoms with Gasteiger partial charge in [-0.05, 0) is 49.6 Å². The number of fused-ring (bicyclic) bond motifs is 3. The van der Waals surface area contributed by atoms with Crippen LogP contribution in [0.5, 0.6) is 0 Å². The topological polar surface area (TPSA) is 87.1 Å². The van der Waals surface area contributed by atoms with E-state index in [1.165, 1.54) is 12.8 Å². The van der Waals surface area contributed by atoms with Gasteiger partial charge in [-0.25, -0.2) is 0 Å². The molecule has 8 heteroatoms. The molecule has 1 saturated heterocycles. The first-order chi connectivity index (χ1) is 17.1. The zero-order valence-corrected chi connectivity index (χ0v) is 20.0. The van der Waals surface area contributed by atoms with E-state index in [4.69, 9.17) is 0 Å². The Morgan fingerprint density at radius 1 is 1.09 bits per heavy atom. The Morgan fingerprint density at radius 2 is 1.89 bits per heavy atom. The highest BCUT2D eigenvalue weighted by molar-refractivity contribution is 6.07. The number of pyridine rings is 2. The van der Waals surface area contributed by atoms with Gasteiger partial charge >= 0.3 is 0 Å². The highest BCUT2D eigenvalue weighted by atomic mass is 16.2. The summed E-state index contributed by atoms with van der Waals surface area (Å²) in [5.41, 5.74) is 4.11. The van der Waals surface area contributed by atoms with Crippen molar-refractivity contribution in [1.29, 1.82) is 0 Å². The van der Waals surface area contributed by atoms with Crippen molar-refractivity contribution in [3.8, 4) is 0 Å². The molecule has 1 N–H and O–H groups in total. The van der Waals surface area contributed by atoms with Crippen molar-refractivity contribution in [3.63, 3.8) is 0 Å². The molecule has 2 fully saturated rings. The van der Waals surface area contributed by atoms with E-state index < -0.39 is 0 Å². The molecule has 0 unspecified atom stereocenters. The molecule has 0 atom stereocenters. The van der Waals surface area contributed by atoms with Crippen LogP contribution in [0.3, 0.4) is 0 Å². The van der Waals surface area contributed by atoms with Crippen LogP contribution in [0, 0.1) is 6.92 Å². The summed E-state index contributed by atoms with van der Waals surface area (Å²) >= 11 is 0. The molecular formula is C27H30N6O2. The largest absolute Gasteiger partial charge is 0.336 e. The van der Waals surface area contributed by atoms with E-state index in [0.717, 1.165) is 60.2 Å². The number of carbonyl (C=O) groups excluding carboxylic acids is 1. The first-order valence-electron chi connectivity index (χ1n) is 12.5. The Kier molecular flexibility index (Phi) is 5.60. The van der Waals surface area contributed by atoms with Crippen LogP contribution in [-0.4, -0.2) is 61.6 Å². The Balaban J connectivity index is 1.30. The smallest absolute Gasteiger partial charge is 0.259 e. The highest BCUT2D eigenvalue weighted by Crippen LogP contribution is 2.34. The van der Waals surface area contributed by atoms with Gasteiger partial charge in [0.2, 0.25) is 0 Å². The Hall–Kier alpha value is -3.52. The van der Waals surface area contributed by atoms with Crippen molar-refractivity contribution in [2.24, 2.45) is 0 Å². The van der Waals surface area contributed by atoms with Crippen molar-refractivity contribution >= 4 is 27.7 Å². The summed E-state index contributed by atoms with van der Waals surface area (Å²) < 4.78 is 2.03. The third kappa shape index (κ3) is 4.01. The molecule has 2 aliphatic rings. The van der Waals surface area contributed by atoms with E-state index in [-0.39, 0.29) is 11.5 Å². The summed E-state index contributed by atoms with van der Waals surface area (Å²) in [6, 6.07) is 10.2. The van der Waals surface area contributed by atoms with Crippen LogP contribution >= 0.6 is 0 Å². The van der Waals surface area contributed by atoms with Crippen molar-refractivity contribution in [3.05, 3.63) is 69.9 Å². The number of nitrogens with one attached hydrogen (secondary N) is 1. The SMILES string of the molecule is Cc1cc2[nH]c(=O)c3cnn(C4CCCC4)c3c2cc1C(=O)N1CCN(Cc2ccccn2)CC1. The van der Waals surface area contributed by atoms with Crippen molar-refractivity contribution < 1.29 is 4.79 Å². The minimum Gasteiger partial charge on any atom is -0.336 e. The number of benzene rings is 1. The quantitative estimate of drug-likeness (QED) is 0.492. The van der Waals surface area contributed by atoms with Gasteiger partial charge in [-0.15, -0.1) is 0 Å². The minimum atomic E-state index is -0.126. The number of nitrogens with zero attached hydrogens (tertiary/aromatic N) is 5. The number of aromatic amines is 1. The average molecular weight is 471 g/mol. The summed E-state index contributed by atoms with van der Waals surface area (Å²) in [5.74, 6) is 0.0492. The van der Waals surface area contributed by atoms with Gasteiger partial charge < -0.3 is 9.88 Å². The lowest BCUT2D eigenvalue weighted by Gasteiger charge is -2.34. The predicted octanol–water partition coefficient (Wildman–Crippen LogP) is 3.65. The van der Waals surface area contributed by atoms with Gasteiger partial charge in [0.1, 0.15) is 0 Å². The average Bonchev–Trinajstić information content (AvgIpc) is 3.55. The van der Waals surface area contributed by atoms with Crippen LogP contribution in [0.4, 0.5) is 0 Å². The van der Waals surface area contributed by atoms with E-state index >= 15 is 0 Å². The zero-order chi connectivity index (χ0) is 23.9. The third-order valence-electron chi connectivity index (χ3n) is 7.58. The number of piperazine rings is 1. The van der Waals surface area contributed by atoms with Crippen molar-refractivity contribution in [1.82, 2.24) is 29.5 Å². The van der Waals surface area contributed by atoms with Crippen molar-refractivity contribution in [2.75, 3.05) is 26.2 Å². The molecular weight excluding hydrogens is 440 g/mol. The predicted molar refractivity (Wildman–Crippen MR) is 136 cm³/mol. The monoisotopic (exact) mass is 470 g/mol. The Labute approximate surface area is 203 Å². The normalized spacial score (nSPS) is 17.6. The van der Waals surface area contributed by atoms with Crippen LogP contribution < -0.4 is 5.56 Å². The molecule has 4 aromatic rings. The second kappa shape index (κ2) is 8.92. The maximum Gasteiger partial charge on any atom is 0.259 e. The molecule has 6 rings (SSSR count). The number of rotatable bonds is 4. The standard InChI is InChI=1S/C27H30N6O2/c1-18-14-24-22(25-23(26(34)30-24)16-29-33(25)20-7-2-3-8-20)15-21(18)27(35)32-12-10-31(11-13-32)17-19-6-4-5-9-28-19/h4-6,9,14-16,20H,2-3,7-8,10-13,17H2,1H3,(H,30,34). The van der Waals surface area contributed by atoms with Crippen LogP contribution in [0.15, 0.2) is 47.5 Å². The lowest BCUT2D eigenvalue weighted by molar-refractivity contribution is 0.0626. The summed E-state index contributed by atoms with van der Waals surface area (Å²) in [7, 11) is 0. The van der Waals surface area contributed by atoms with Gasteiger partial charge in [0.25, 0.3) is 11.5 Å². The number of aryl methyl sites for hydroxylation is 1. The summed E-state index contributed by atoms with van der Waals surface area (Å²) in [6.07, 6.45) is 8.01. The zero-order valence-electron chi connectivity index (χ0n) is 20.0. The lowest BCUT2D eigenvalue weighted by atomic mass is 10.0. The molecule has 3 aromatic heterocycles. The summed E-state index contributed by atoms with van der Waals surface area (Å²) in [5, 5.41) is 6.10. The fourth-order valence-electron chi connectivity index (χ4n) is 5.65. The number of H-pyrrole nitrogens is 1. The first kappa shape index (κ1) is 22.0. The van der Waals surface area contributed by atoms with Gasteiger partial charge in [0.05, 0.1) is 34.4 Å². The number of aromatic nitrogens is 4. The molecule has 1 aromatic carbocycles. The maximum atomic E-state index is 13.6. The summed E-state index contributed by atoms with van der Waals surface area (Å²) in [4.78, 5) is 38.1. The van der Waals surface area contributed by atoms with Crippen LogP contribution in [0.1, 0.15) is 53.3 Å². The highest BCUT2D eigenvalue weighted by Gasteiger charge is 2.26. The van der Waals surface area contributed by atoms with E-state index in [1.807, 2.05) is 53.0 Å². The molecule has 180 valence electrons. The number of amides is 1. The van der Waals surface area contributed by atoms with E-state index in [9.17, 15) is 9.59 Å². The Morgan fingerprint density at radius 3 is 2.63 bits per heavy atom. The summed E-state index contributed by atoms with van der Waals surface area (Å²) in [6.45, 7) is 5.76. The lowest BCUT2D eigenvalue weighted by Crippen LogP contribution is -2.48. The molecule has 4 heterocycles. The van der Waals surface area contributed by atoms with Crippen molar-refractivity contribution in [2.45, 2.75) is 45.2 Å². The Bertz CT molecular complexity index is 1440. The second-order valence-electron chi connectivity index (χ2n) is 9.85. The number of hydrogen-bond acceptors (Lipinski definition) is 5. The third-order valence-corrected chi connectivity index (χ3v) is 7.58.